The standard InChI is InChI=1S/C30H43N3O4S/c1-11-32(12-2)13-14-33-23(19-15-20(29(5,6)7)24(34)21(16-19)30(8,9)10)22(26(36)28(33)37)25(35)27-17(3)31-18(4)38-27/h15-16,23,34,36H,11-14H2,1-10H3. The van der Waals surface area contributed by atoms with Crippen molar-refractivity contribution in [2.75, 3.05) is 26.2 Å². The highest BCUT2D eigenvalue weighted by atomic mass is 32.1. The molecule has 0 bridgehead atoms. The normalized spacial score (nSPS) is 16.8. The number of phenolic OH excluding ortho intramolecular Hbond substituents is 1. The number of carbonyl (C=O) groups excluding carboxylic acids is 2. The molecule has 2 heterocycles. The van der Waals surface area contributed by atoms with Gasteiger partial charge in [0, 0.05) is 13.1 Å². The number of aliphatic hydroxyl groups excluding tert-OH is 1. The van der Waals surface area contributed by atoms with Gasteiger partial charge in [-0.25, -0.2) is 4.98 Å². The fraction of sp³-hybridized carbons (Fsp3) is 0.567. The van der Waals surface area contributed by atoms with E-state index in [1.165, 1.54) is 11.3 Å². The molecule has 1 aliphatic heterocycles. The zero-order valence-corrected chi connectivity index (χ0v) is 25.3. The number of hydrogen-bond acceptors (Lipinski definition) is 7. The lowest BCUT2D eigenvalue weighted by molar-refractivity contribution is -0.129. The molecule has 0 saturated carbocycles. The van der Waals surface area contributed by atoms with Crippen LogP contribution >= 0.6 is 11.3 Å². The maximum Gasteiger partial charge on any atom is 0.290 e. The van der Waals surface area contributed by atoms with Gasteiger partial charge >= 0.3 is 0 Å². The fourth-order valence-corrected chi connectivity index (χ4v) is 5.95. The third-order valence-electron chi connectivity index (χ3n) is 7.27. The first-order chi connectivity index (χ1) is 17.5. The number of aromatic hydroxyl groups is 1. The Bertz CT molecular complexity index is 1220. The van der Waals surface area contributed by atoms with Crippen molar-refractivity contribution in [2.45, 2.75) is 86.1 Å². The van der Waals surface area contributed by atoms with Gasteiger partial charge < -0.3 is 20.0 Å². The number of benzene rings is 1. The van der Waals surface area contributed by atoms with E-state index in [0.29, 0.717) is 29.2 Å². The van der Waals surface area contributed by atoms with Crippen LogP contribution in [0.4, 0.5) is 0 Å². The number of aryl methyl sites for hydroxylation is 2. The summed E-state index contributed by atoms with van der Waals surface area (Å²) in [5.74, 6) is -1.21. The molecular formula is C30H43N3O4S. The predicted molar refractivity (Wildman–Crippen MR) is 153 cm³/mol. The number of hydrogen-bond donors (Lipinski definition) is 2. The molecule has 1 unspecified atom stereocenters. The van der Waals surface area contributed by atoms with Crippen LogP contribution in [0.2, 0.25) is 0 Å². The van der Waals surface area contributed by atoms with Crippen LogP contribution in [0.5, 0.6) is 5.75 Å². The largest absolute Gasteiger partial charge is 0.507 e. The summed E-state index contributed by atoms with van der Waals surface area (Å²) < 4.78 is 0. The number of aliphatic hydroxyl groups is 1. The van der Waals surface area contributed by atoms with Crippen LogP contribution < -0.4 is 0 Å². The lowest BCUT2D eigenvalue weighted by Crippen LogP contribution is -2.39. The first-order valence-corrected chi connectivity index (χ1v) is 14.2. The molecule has 1 aromatic heterocycles. The zero-order valence-electron chi connectivity index (χ0n) is 24.5. The maximum absolute atomic E-state index is 14.0. The molecule has 208 valence electrons. The molecule has 1 amide bonds. The number of aromatic nitrogens is 1. The number of nitrogens with zero attached hydrogens (tertiary/aromatic N) is 3. The maximum atomic E-state index is 14.0. The van der Waals surface area contributed by atoms with Gasteiger partial charge in [-0.3, -0.25) is 9.59 Å². The number of Topliss-reactive ketones (excluding diaryl/α,β-unsaturated/α-hetero) is 1. The van der Waals surface area contributed by atoms with E-state index in [1.54, 1.807) is 11.8 Å². The molecule has 8 heteroatoms. The second-order valence-corrected chi connectivity index (χ2v) is 13.3. The van der Waals surface area contributed by atoms with Crippen LogP contribution in [0.15, 0.2) is 23.5 Å². The van der Waals surface area contributed by atoms with Crippen molar-refractivity contribution < 1.29 is 19.8 Å². The monoisotopic (exact) mass is 541 g/mol. The first-order valence-electron chi connectivity index (χ1n) is 13.4. The predicted octanol–water partition coefficient (Wildman–Crippen LogP) is 5.98. The van der Waals surface area contributed by atoms with Crippen molar-refractivity contribution in [3.63, 3.8) is 0 Å². The molecule has 0 spiro atoms. The highest BCUT2D eigenvalue weighted by Crippen LogP contribution is 2.46. The Kier molecular flexibility index (Phi) is 8.49. The Balaban J connectivity index is 2.28. The Morgan fingerprint density at radius 2 is 1.55 bits per heavy atom. The van der Waals surface area contributed by atoms with Crippen LogP contribution in [-0.4, -0.2) is 62.9 Å². The Labute approximate surface area is 231 Å². The second kappa shape index (κ2) is 10.8. The number of likely N-dealkylation sites (N-methyl/N-ethyl adjacent to an activating group) is 1. The Morgan fingerprint density at radius 1 is 1.03 bits per heavy atom. The Morgan fingerprint density at radius 3 is 1.97 bits per heavy atom. The summed E-state index contributed by atoms with van der Waals surface area (Å²) in [5, 5.41) is 23.2. The number of ketones is 1. The summed E-state index contributed by atoms with van der Waals surface area (Å²) in [7, 11) is 0. The van der Waals surface area contributed by atoms with E-state index in [-0.39, 0.29) is 17.1 Å². The van der Waals surface area contributed by atoms with Crippen LogP contribution in [-0.2, 0) is 15.6 Å². The third kappa shape index (κ3) is 5.66. The number of rotatable bonds is 8. The molecule has 2 N–H and O–H groups in total. The molecule has 2 aromatic rings. The highest BCUT2D eigenvalue weighted by molar-refractivity contribution is 7.14. The lowest BCUT2D eigenvalue weighted by Gasteiger charge is -2.33. The molecule has 3 rings (SSSR count). The van der Waals surface area contributed by atoms with E-state index in [9.17, 15) is 19.8 Å². The van der Waals surface area contributed by atoms with Gasteiger partial charge in [0.05, 0.1) is 27.2 Å². The molecule has 38 heavy (non-hydrogen) atoms. The summed E-state index contributed by atoms with van der Waals surface area (Å²) in [6.45, 7) is 22.5. The zero-order chi connectivity index (χ0) is 28.7. The molecular weight excluding hydrogens is 498 g/mol. The summed E-state index contributed by atoms with van der Waals surface area (Å²) in [6, 6.07) is 3.00. The lowest BCUT2D eigenvalue weighted by atomic mass is 9.77. The first kappa shape index (κ1) is 29.8. The van der Waals surface area contributed by atoms with Gasteiger partial charge in [-0.1, -0.05) is 55.4 Å². The van der Waals surface area contributed by atoms with Gasteiger partial charge in [0.1, 0.15) is 5.75 Å². The van der Waals surface area contributed by atoms with Crippen LogP contribution in [0.1, 0.15) is 98.5 Å². The van der Waals surface area contributed by atoms with Gasteiger partial charge in [-0.2, -0.15) is 0 Å². The average molecular weight is 542 g/mol. The van der Waals surface area contributed by atoms with E-state index in [2.05, 4.69) is 23.7 Å². The summed E-state index contributed by atoms with van der Waals surface area (Å²) in [6.07, 6.45) is 0. The molecule has 0 saturated heterocycles. The van der Waals surface area contributed by atoms with E-state index < -0.39 is 28.5 Å². The minimum absolute atomic E-state index is 0.0757. The van der Waals surface area contributed by atoms with Crippen molar-refractivity contribution in [1.29, 1.82) is 0 Å². The van der Waals surface area contributed by atoms with E-state index in [1.807, 2.05) is 60.6 Å². The van der Waals surface area contributed by atoms with Crippen molar-refractivity contribution in [1.82, 2.24) is 14.8 Å². The number of amides is 1. The highest BCUT2D eigenvalue weighted by Gasteiger charge is 2.45. The third-order valence-corrected chi connectivity index (χ3v) is 8.35. The molecule has 7 nitrogen and oxygen atoms in total. The number of thiazole rings is 1. The van der Waals surface area contributed by atoms with Crippen molar-refractivity contribution in [3.8, 4) is 5.75 Å². The molecule has 1 aromatic carbocycles. The fourth-order valence-electron chi connectivity index (χ4n) is 5.07. The van der Waals surface area contributed by atoms with Gasteiger partial charge in [0.15, 0.2) is 5.76 Å². The minimum atomic E-state index is -0.782. The van der Waals surface area contributed by atoms with Crippen LogP contribution in [0, 0.1) is 13.8 Å². The van der Waals surface area contributed by atoms with Crippen LogP contribution in [0.3, 0.4) is 0 Å². The van der Waals surface area contributed by atoms with Gasteiger partial charge in [0.2, 0.25) is 5.78 Å². The Hall–Kier alpha value is -2.71. The van der Waals surface area contributed by atoms with E-state index >= 15 is 0 Å². The summed E-state index contributed by atoms with van der Waals surface area (Å²) in [5.41, 5.74) is 2.05. The van der Waals surface area contributed by atoms with Crippen LogP contribution in [0.25, 0.3) is 0 Å². The second-order valence-electron chi connectivity index (χ2n) is 12.1. The van der Waals surface area contributed by atoms with Crippen molar-refractivity contribution in [2.24, 2.45) is 0 Å². The van der Waals surface area contributed by atoms with Gasteiger partial charge in [-0.05, 0) is 66.6 Å². The topological polar surface area (TPSA) is 94.0 Å². The number of phenols is 1. The molecule has 1 atom stereocenters. The van der Waals surface area contributed by atoms with Crippen molar-refractivity contribution >= 4 is 23.0 Å². The smallest absolute Gasteiger partial charge is 0.290 e. The molecule has 0 aliphatic carbocycles. The molecule has 0 fully saturated rings. The molecule has 0 radical (unpaired) electrons. The summed E-state index contributed by atoms with van der Waals surface area (Å²) in [4.78, 5) is 36.1. The average Bonchev–Trinajstić information content (AvgIpc) is 3.28. The van der Waals surface area contributed by atoms with E-state index in [0.717, 1.165) is 29.2 Å². The minimum Gasteiger partial charge on any atom is -0.507 e. The quantitative estimate of drug-likeness (QED) is 0.399. The van der Waals surface area contributed by atoms with Crippen molar-refractivity contribution in [3.05, 3.63) is 55.7 Å². The van der Waals surface area contributed by atoms with E-state index in [4.69, 9.17) is 0 Å². The SMILES string of the molecule is CCN(CC)CCN1C(=O)C(O)=C(C(=O)c2sc(C)nc2C)C1c1cc(C(C)(C)C)c(O)c(C(C)(C)C)c1. The molecule has 1 aliphatic rings. The summed E-state index contributed by atoms with van der Waals surface area (Å²) >= 11 is 1.27. The number of carbonyl (C=O) groups is 2. The van der Waals surface area contributed by atoms with Gasteiger partial charge in [-0.15, -0.1) is 11.3 Å². The van der Waals surface area contributed by atoms with Gasteiger partial charge in [0.25, 0.3) is 5.91 Å².